The van der Waals surface area contributed by atoms with Crippen LogP contribution < -0.4 is 10.1 Å². The molecule has 2 N–H and O–H groups in total. The second kappa shape index (κ2) is 8.36. The summed E-state index contributed by atoms with van der Waals surface area (Å²) in [6.45, 7) is 4.17. The summed E-state index contributed by atoms with van der Waals surface area (Å²) in [7, 11) is 0. The Morgan fingerprint density at radius 1 is 1.28 bits per heavy atom. The maximum Gasteiger partial charge on any atom is 0.404 e. The van der Waals surface area contributed by atoms with Gasteiger partial charge in [-0.2, -0.15) is 0 Å². The van der Waals surface area contributed by atoms with Crippen molar-refractivity contribution < 1.29 is 19.4 Å². The summed E-state index contributed by atoms with van der Waals surface area (Å²) < 4.78 is 10.6. The van der Waals surface area contributed by atoms with Gasteiger partial charge in [0.05, 0.1) is 6.61 Å². The Labute approximate surface area is 107 Å². The van der Waals surface area contributed by atoms with Gasteiger partial charge in [0.25, 0.3) is 0 Å². The molecule has 0 atom stereocenters. The fourth-order valence-electron chi connectivity index (χ4n) is 1.43. The van der Waals surface area contributed by atoms with E-state index in [0.29, 0.717) is 32.8 Å². The highest BCUT2D eigenvalue weighted by Gasteiger charge is 1.98. The first-order valence-corrected chi connectivity index (χ1v) is 5.98. The minimum atomic E-state index is -0.995. The molecule has 0 bridgehead atoms. The first-order chi connectivity index (χ1) is 8.72. The summed E-state index contributed by atoms with van der Waals surface area (Å²) in [6, 6.07) is 7.61. The molecule has 0 fully saturated rings. The van der Waals surface area contributed by atoms with Crippen LogP contribution in [0.5, 0.6) is 5.75 Å². The van der Waals surface area contributed by atoms with Gasteiger partial charge in [-0.25, -0.2) is 4.79 Å². The van der Waals surface area contributed by atoms with E-state index in [2.05, 4.69) is 5.32 Å². The number of rotatable bonds is 8. The van der Waals surface area contributed by atoms with Crippen molar-refractivity contribution >= 4 is 6.09 Å². The molecule has 0 radical (unpaired) electrons. The van der Waals surface area contributed by atoms with Crippen LogP contribution in [0, 0.1) is 0 Å². The van der Waals surface area contributed by atoms with E-state index in [1.54, 1.807) is 0 Å². The molecule has 0 aromatic heterocycles. The second-order valence-corrected chi connectivity index (χ2v) is 3.67. The van der Waals surface area contributed by atoms with E-state index in [1.807, 2.05) is 31.2 Å². The molecule has 5 heteroatoms. The average Bonchev–Trinajstić information content (AvgIpc) is 2.36. The highest BCUT2D eigenvalue weighted by molar-refractivity contribution is 5.64. The third-order valence-corrected chi connectivity index (χ3v) is 2.31. The lowest BCUT2D eigenvalue weighted by Gasteiger charge is -2.07. The lowest BCUT2D eigenvalue weighted by Crippen LogP contribution is -2.23. The number of carbonyl (C=O) groups is 1. The third kappa shape index (κ3) is 6.10. The van der Waals surface area contributed by atoms with Crippen LogP contribution >= 0.6 is 0 Å². The summed E-state index contributed by atoms with van der Waals surface area (Å²) in [4.78, 5) is 10.3. The minimum Gasteiger partial charge on any atom is -0.491 e. The Morgan fingerprint density at radius 2 is 2.00 bits per heavy atom. The zero-order chi connectivity index (χ0) is 13.2. The summed E-state index contributed by atoms with van der Waals surface area (Å²) in [6.07, 6.45) is -0.322. The van der Waals surface area contributed by atoms with E-state index < -0.39 is 6.09 Å². The van der Waals surface area contributed by atoms with Gasteiger partial charge in [0, 0.05) is 13.2 Å². The van der Waals surface area contributed by atoms with Crippen molar-refractivity contribution in [2.45, 2.75) is 13.3 Å². The Hall–Kier alpha value is -1.75. The average molecular weight is 253 g/mol. The molecular weight excluding hydrogens is 234 g/mol. The molecule has 0 unspecified atom stereocenters. The summed E-state index contributed by atoms with van der Waals surface area (Å²) in [5.41, 5.74) is 1.07. The topological polar surface area (TPSA) is 67.8 Å². The number of hydrogen-bond acceptors (Lipinski definition) is 3. The smallest absolute Gasteiger partial charge is 0.404 e. The highest BCUT2D eigenvalue weighted by Crippen LogP contribution is 2.12. The standard InChI is InChI=1S/C13H19NO4/c1-2-17-9-10-18-12-5-3-11(4-6-12)7-8-14-13(15)16/h3-6,14H,2,7-10H2,1H3,(H,15,16). The number of benzene rings is 1. The quantitative estimate of drug-likeness (QED) is 0.694. The van der Waals surface area contributed by atoms with Gasteiger partial charge in [0.15, 0.2) is 0 Å². The van der Waals surface area contributed by atoms with Gasteiger partial charge >= 0.3 is 6.09 Å². The van der Waals surface area contributed by atoms with Crippen LogP contribution in [-0.2, 0) is 11.2 Å². The third-order valence-electron chi connectivity index (χ3n) is 2.31. The number of carboxylic acid groups (broad SMARTS) is 1. The molecule has 0 saturated heterocycles. The van der Waals surface area contributed by atoms with Crippen LogP contribution in [-0.4, -0.2) is 37.6 Å². The Bertz CT molecular complexity index is 351. The minimum absolute atomic E-state index is 0.417. The lowest BCUT2D eigenvalue weighted by molar-refractivity contribution is 0.110. The first kappa shape index (κ1) is 14.3. The van der Waals surface area contributed by atoms with Crippen LogP contribution in [0.15, 0.2) is 24.3 Å². The predicted octanol–water partition coefficient (Wildman–Crippen LogP) is 1.91. The SMILES string of the molecule is CCOCCOc1ccc(CCNC(=O)O)cc1. The molecule has 1 aromatic rings. The van der Waals surface area contributed by atoms with Crippen LogP contribution in [0.3, 0.4) is 0 Å². The molecule has 0 aliphatic heterocycles. The molecule has 1 rings (SSSR count). The molecule has 0 spiro atoms. The van der Waals surface area contributed by atoms with E-state index in [-0.39, 0.29) is 0 Å². The number of ether oxygens (including phenoxy) is 2. The van der Waals surface area contributed by atoms with Crippen molar-refractivity contribution in [1.82, 2.24) is 5.32 Å². The van der Waals surface area contributed by atoms with Crippen molar-refractivity contribution in [3.63, 3.8) is 0 Å². The maximum absolute atomic E-state index is 10.3. The number of hydrogen-bond donors (Lipinski definition) is 2. The van der Waals surface area contributed by atoms with E-state index in [9.17, 15) is 4.79 Å². The number of nitrogens with one attached hydrogen (secondary N) is 1. The molecule has 5 nitrogen and oxygen atoms in total. The molecule has 0 aliphatic carbocycles. The van der Waals surface area contributed by atoms with E-state index in [4.69, 9.17) is 14.6 Å². The zero-order valence-electron chi connectivity index (χ0n) is 10.5. The maximum atomic E-state index is 10.3. The molecule has 0 aliphatic rings. The molecule has 1 amide bonds. The summed E-state index contributed by atoms with van der Waals surface area (Å²) in [5, 5.41) is 10.8. The Balaban J connectivity index is 2.26. The van der Waals surface area contributed by atoms with Crippen LogP contribution in [0.2, 0.25) is 0 Å². The zero-order valence-corrected chi connectivity index (χ0v) is 10.5. The van der Waals surface area contributed by atoms with Crippen molar-refractivity contribution in [3.05, 3.63) is 29.8 Å². The highest BCUT2D eigenvalue weighted by atomic mass is 16.5. The summed E-state index contributed by atoms with van der Waals surface area (Å²) >= 11 is 0. The first-order valence-electron chi connectivity index (χ1n) is 5.98. The van der Waals surface area contributed by atoms with Crippen LogP contribution in [0.25, 0.3) is 0 Å². The lowest BCUT2D eigenvalue weighted by atomic mass is 10.1. The van der Waals surface area contributed by atoms with Crippen molar-refractivity contribution in [2.24, 2.45) is 0 Å². The normalized spacial score (nSPS) is 10.1. The van der Waals surface area contributed by atoms with E-state index in [1.165, 1.54) is 0 Å². The summed E-state index contributed by atoms with van der Waals surface area (Å²) in [5.74, 6) is 0.796. The van der Waals surface area contributed by atoms with Gasteiger partial charge in [0.1, 0.15) is 12.4 Å². The van der Waals surface area contributed by atoms with Gasteiger partial charge in [-0.15, -0.1) is 0 Å². The van der Waals surface area contributed by atoms with Gasteiger partial charge < -0.3 is 19.9 Å². The van der Waals surface area contributed by atoms with Crippen molar-refractivity contribution in [1.29, 1.82) is 0 Å². The Morgan fingerprint density at radius 3 is 2.61 bits per heavy atom. The van der Waals surface area contributed by atoms with Crippen molar-refractivity contribution in [2.75, 3.05) is 26.4 Å². The predicted molar refractivity (Wildman–Crippen MR) is 68.2 cm³/mol. The second-order valence-electron chi connectivity index (χ2n) is 3.67. The molecule has 100 valence electrons. The fraction of sp³-hybridized carbons (Fsp3) is 0.462. The molecule has 18 heavy (non-hydrogen) atoms. The van der Waals surface area contributed by atoms with Gasteiger partial charge in [-0.05, 0) is 31.0 Å². The van der Waals surface area contributed by atoms with Crippen LogP contribution in [0.4, 0.5) is 4.79 Å². The number of amides is 1. The monoisotopic (exact) mass is 253 g/mol. The molecule has 0 saturated carbocycles. The van der Waals surface area contributed by atoms with Crippen LogP contribution in [0.1, 0.15) is 12.5 Å². The van der Waals surface area contributed by atoms with Crippen molar-refractivity contribution in [3.8, 4) is 5.75 Å². The molecule has 1 aromatic carbocycles. The fourth-order valence-corrected chi connectivity index (χ4v) is 1.43. The molecular formula is C13H19NO4. The van der Waals surface area contributed by atoms with E-state index in [0.717, 1.165) is 11.3 Å². The van der Waals surface area contributed by atoms with E-state index >= 15 is 0 Å². The van der Waals surface area contributed by atoms with Gasteiger partial charge in [-0.3, -0.25) is 0 Å². The van der Waals surface area contributed by atoms with Gasteiger partial charge in [-0.1, -0.05) is 12.1 Å². The molecule has 0 heterocycles. The van der Waals surface area contributed by atoms with Gasteiger partial charge in [0.2, 0.25) is 0 Å². The largest absolute Gasteiger partial charge is 0.491 e. The Kier molecular flexibility index (Phi) is 6.64.